The topological polar surface area (TPSA) is 95.0 Å². The lowest BCUT2D eigenvalue weighted by atomic mass is 9.78. The Morgan fingerprint density at radius 2 is 1.54 bits per heavy atom. The van der Waals surface area contributed by atoms with Gasteiger partial charge < -0.3 is 10.0 Å². The Labute approximate surface area is 165 Å². The van der Waals surface area contributed by atoms with E-state index in [0.29, 0.717) is 13.1 Å². The summed E-state index contributed by atoms with van der Waals surface area (Å²) in [6, 6.07) is 6.76. The van der Waals surface area contributed by atoms with Gasteiger partial charge in [0.15, 0.2) is 0 Å². The van der Waals surface area contributed by atoms with Crippen LogP contribution in [0.1, 0.15) is 24.8 Å². The summed E-state index contributed by atoms with van der Waals surface area (Å²) in [5.74, 6) is -1.73. The number of carboxylic acids is 1. The van der Waals surface area contributed by atoms with Gasteiger partial charge in [-0.1, -0.05) is 17.7 Å². The van der Waals surface area contributed by atoms with Crippen molar-refractivity contribution in [2.24, 2.45) is 23.7 Å². The molecule has 28 heavy (non-hydrogen) atoms. The first-order valence-corrected chi connectivity index (χ1v) is 11.3. The number of carbonyl (C=O) groups excluding carboxylic acids is 1. The molecule has 0 spiro atoms. The van der Waals surface area contributed by atoms with Crippen LogP contribution >= 0.6 is 0 Å². The molecule has 7 nitrogen and oxygen atoms in total. The van der Waals surface area contributed by atoms with Crippen molar-refractivity contribution < 1.29 is 23.1 Å². The van der Waals surface area contributed by atoms with Gasteiger partial charge in [-0.2, -0.15) is 4.31 Å². The molecule has 1 heterocycles. The first-order valence-electron chi connectivity index (χ1n) is 9.87. The van der Waals surface area contributed by atoms with Crippen LogP contribution in [0.2, 0.25) is 0 Å². The van der Waals surface area contributed by atoms with Gasteiger partial charge in [0, 0.05) is 26.2 Å². The quantitative estimate of drug-likeness (QED) is 0.819. The maximum absolute atomic E-state index is 13.1. The van der Waals surface area contributed by atoms with E-state index in [9.17, 15) is 23.1 Å². The average Bonchev–Trinajstić information content (AvgIpc) is 3.29. The molecule has 1 N–H and O–H groups in total. The largest absolute Gasteiger partial charge is 0.481 e. The fourth-order valence-corrected chi connectivity index (χ4v) is 6.64. The zero-order valence-corrected chi connectivity index (χ0v) is 16.8. The van der Waals surface area contributed by atoms with Crippen LogP contribution in [-0.4, -0.2) is 60.8 Å². The molecule has 2 aliphatic carbocycles. The molecule has 0 unspecified atom stereocenters. The van der Waals surface area contributed by atoms with Crippen LogP contribution in [0.5, 0.6) is 0 Å². The minimum atomic E-state index is -3.58. The van der Waals surface area contributed by atoms with Gasteiger partial charge in [0.05, 0.1) is 16.7 Å². The number of amides is 1. The Hall–Kier alpha value is -1.93. The van der Waals surface area contributed by atoms with Gasteiger partial charge in [-0.25, -0.2) is 8.42 Å². The van der Waals surface area contributed by atoms with E-state index in [2.05, 4.69) is 0 Å². The van der Waals surface area contributed by atoms with Gasteiger partial charge in [-0.3, -0.25) is 9.59 Å². The maximum atomic E-state index is 13.1. The highest BCUT2D eigenvalue weighted by Crippen LogP contribution is 2.53. The number of hydrogen-bond acceptors (Lipinski definition) is 4. The van der Waals surface area contributed by atoms with Crippen molar-refractivity contribution >= 4 is 21.9 Å². The third kappa shape index (κ3) is 3.22. The van der Waals surface area contributed by atoms with Crippen LogP contribution in [-0.2, 0) is 19.6 Å². The van der Waals surface area contributed by atoms with Crippen molar-refractivity contribution in [3.8, 4) is 0 Å². The number of aryl methyl sites for hydroxylation is 1. The lowest BCUT2D eigenvalue weighted by Gasteiger charge is -2.37. The molecule has 0 aromatic heterocycles. The lowest BCUT2D eigenvalue weighted by molar-refractivity contribution is -0.153. The molecule has 8 heteroatoms. The molecule has 3 aliphatic rings. The van der Waals surface area contributed by atoms with E-state index in [1.165, 1.54) is 4.31 Å². The van der Waals surface area contributed by atoms with Crippen molar-refractivity contribution in [1.82, 2.24) is 9.21 Å². The van der Waals surface area contributed by atoms with Gasteiger partial charge in [0.25, 0.3) is 0 Å². The van der Waals surface area contributed by atoms with Crippen molar-refractivity contribution in [2.45, 2.75) is 31.1 Å². The van der Waals surface area contributed by atoms with E-state index in [1.54, 1.807) is 29.2 Å². The van der Waals surface area contributed by atoms with Crippen LogP contribution in [0, 0.1) is 30.6 Å². The van der Waals surface area contributed by atoms with Gasteiger partial charge in [0.2, 0.25) is 15.9 Å². The monoisotopic (exact) mass is 406 g/mol. The Kier molecular flexibility index (Phi) is 4.95. The molecule has 1 aromatic carbocycles. The second kappa shape index (κ2) is 7.15. The standard InChI is InChI=1S/C20H26N2O5S/c1-13-2-6-16(7-3-13)28(26,27)22-10-8-21(9-11-22)19(23)17-14-4-5-15(12-14)18(17)20(24)25/h2-3,6-7,14-15,17-18H,4-5,8-12H2,1H3,(H,24,25)/t14-,15-,17+,18-/m0/s1. The molecule has 1 aromatic rings. The number of nitrogens with zero attached hydrogens (tertiary/aromatic N) is 2. The van der Waals surface area contributed by atoms with Crippen LogP contribution in [0.3, 0.4) is 0 Å². The molecule has 1 amide bonds. The van der Waals surface area contributed by atoms with Crippen LogP contribution < -0.4 is 0 Å². The van der Waals surface area contributed by atoms with E-state index in [1.807, 2.05) is 6.92 Å². The van der Waals surface area contributed by atoms with Gasteiger partial charge >= 0.3 is 5.97 Å². The molecular formula is C20H26N2O5S. The highest BCUT2D eigenvalue weighted by atomic mass is 32.2. The summed E-state index contributed by atoms with van der Waals surface area (Å²) < 4.78 is 27.1. The number of hydrogen-bond donors (Lipinski definition) is 1. The van der Waals surface area contributed by atoms with Crippen LogP contribution in [0.25, 0.3) is 0 Å². The number of piperazine rings is 1. The predicted molar refractivity (Wildman–Crippen MR) is 102 cm³/mol. The summed E-state index contributed by atoms with van der Waals surface area (Å²) in [4.78, 5) is 26.7. The molecule has 152 valence electrons. The minimum absolute atomic E-state index is 0.105. The summed E-state index contributed by atoms with van der Waals surface area (Å²) >= 11 is 0. The highest BCUT2D eigenvalue weighted by Gasteiger charge is 2.55. The Balaban J connectivity index is 1.43. The van der Waals surface area contributed by atoms with E-state index in [0.717, 1.165) is 24.8 Å². The fourth-order valence-electron chi connectivity index (χ4n) is 5.22. The first-order chi connectivity index (χ1) is 13.3. The summed E-state index contributed by atoms with van der Waals surface area (Å²) in [5.41, 5.74) is 0.994. The highest BCUT2D eigenvalue weighted by molar-refractivity contribution is 7.89. The van der Waals surface area contributed by atoms with E-state index < -0.39 is 27.8 Å². The van der Waals surface area contributed by atoms with Gasteiger partial charge in [-0.05, 0) is 50.2 Å². The zero-order chi connectivity index (χ0) is 20.1. The van der Waals surface area contributed by atoms with E-state index >= 15 is 0 Å². The third-order valence-electron chi connectivity index (χ3n) is 6.70. The van der Waals surface area contributed by atoms with Crippen molar-refractivity contribution in [3.63, 3.8) is 0 Å². The predicted octanol–water partition coefficient (Wildman–Crippen LogP) is 1.57. The number of aliphatic carboxylic acids is 1. The zero-order valence-electron chi connectivity index (χ0n) is 16.0. The molecule has 4 atom stereocenters. The first kappa shape index (κ1) is 19.4. The molecule has 1 aliphatic heterocycles. The minimum Gasteiger partial charge on any atom is -0.481 e. The van der Waals surface area contributed by atoms with Crippen LogP contribution in [0.15, 0.2) is 29.2 Å². The average molecular weight is 407 g/mol. The van der Waals surface area contributed by atoms with Crippen molar-refractivity contribution in [3.05, 3.63) is 29.8 Å². The Bertz CT molecular complexity index is 874. The number of benzene rings is 1. The number of fused-ring (bicyclic) bond motifs is 2. The summed E-state index contributed by atoms with van der Waals surface area (Å²) in [5, 5.41) is 9.59. The maximum Gasteiger partial charge on any atom is 0.307 e. The summed E-state index contributed by atoms with van der Waals surface area (Å²) in [6.07, 6.45) is 2.65. The van der Waals surface area contributed by atoms with Crippen molar-refractivity contribution in [2.75, 3.05) is 26.2 Å². The van der Waals surface area contributed by atoms with Gasteiger partial charge in [-0.15, -0.1) is 0 Å². The molecular weight excluding hydrogens is 380 g/mol. The lowest BCUT2D eigenvalue weighted by Crippen LogP contribution is -2.53. The van der Waals surface area contributed by atoms with Crippen LogP contribution in [0.4, 0.5) is 0 Å². The number of carbonyl (C=O) groups is 2. The molecule has 1 saturated heterocycles. The number of sulfonamides is 1. The molecule has 0 radical (unpaired) electrons. The molecule has 2 bridgehead atoms. The Morgan fingerprint density at radius 1 is 0.964 bits per heavy atom. The Morgan fingerprint density at radius 3 is 2.11 bits per heavy atom. The molecule has 3 fully saturated rings. The smallest absolute Gasteiger partial charge is 0.307 e. The SMILES string of the molecule is Cc1ccc(S(=O)(=O)N2CCN(C(=O)[C@@H]3[C@H]4CC[C@@H](C4)[C@@H]3C(=O)O)CC2)cc1. The number of carboxylic acid groups (broad SMARTS) is 1. The fraction of sp³-hybridized carbons (Fsp3) is 0.600. The van der Waals surface area contributed by atoms with Gasteiger partial charge in [0.1, 0.15) is 0 Å². The normalized spacial score (nSPS) is 30.5. The van der Waals surface area contributed by atoms with E-state index in [-0.39, 0.29) is 35.7 Å². The summed E-state index contributed by atoms with van der Waals surface area (Å²) in [7, 11) is -3.58. The number of rotatable bonds is 4. The second-order valence-corrected chi connectivity index (χ2v) is 10.2. The summed E-state index contributed by atoms with van der Waals surface area (Å²) in [6.45, 7) is 3.00. The molecule has 4 rings (SSSR count). The second-order valence-electron chi connectivity index (χ2n) is 8.27. The van der Waals surface area contributed by atoms with Crippen molar-refractivity contribution in [1.29, 1.82) is 0 Å². The molecule has 2 saturated carbocycles. The third-order valence-corrected chi connectivity index (χ3v) is 8.61. The van der Waals surface area contributed by atoms with E-state index in [4.69, 9.17) is 0 Å².